The van der Waals surface area contributed by atoms with Crippen molar-refractivity contribution in [1.29, 1.82) is 0 Å². The van der Waals surface area contributed by atoms with Gasteiger partial charge in [-0.15, -0.1) is 0 Å². The monoisotopic (exact) mass is 277 g/mol. The molecule has 0 bridgehead atoms. The molecule has 0 aliphatic heterocycles. The van der Waals surface area contributed by atoms with Crippen molar-refractivity contribution in [2.75, 3.05) is 26.9 Å². The molecule has 19 heavy (non-hydrogen) atoms. The van der Waals surface area contributed by atoms with Gasteiger partial charge in [0.1, 0.15) is 5.54 Å². The summed E-state index contributed by atoms with van der Waals surface area (Å²) in [6.07, 6.45) is 1.77. The van der Waals surface area contributed by atoms with Gasteiger partial charge >= 0.3 is 13.1 Å². The van der Waals surface area contributed by atoms with Crippen molar-refractivity contribution < 1.29 is 29.4 Å². The van der Waals surface area contributed by atoms with Crippen LogP contribution in [0.4, 0.5) is 0 Å². The van der Waals surface area contributed by atoms with Gasteiger partial charge in [-0.05, 0) is 19.2 Å². The first-order valence-corrected chi connectivity index (χ1v) is 6.37. The van der Waals surface area contributed by atoms with Gasteiger partial charge in [0.2, 0.25) is 0 Å². The molecule has 0 saturated carbocycles. The van der Waals surface area contributed by atoms with E-state index in [0.717, 1.165) is 0 Å². The summed E-state index contributed by atoms with van der Waals surface area (Å²) >= 11 is 0. The second-order valence-corrected chi connectivity index (χ2v) is 4.54. The number of carboxylic acid groups (broad SMARTS) is 1. The summed E-state index contributed by atoms with van der Waals surface area (Å²) in [7, 11) is 0.207. The molecule has 0 aromatic carbocycles. The van der Waals surface area contributed by atoms with Gasteiger partial charge in [-0.2, -0.15) is 0 Å². The number of hydrogen-bond donors (Lipinski definition) is 4. The Bertz CT molecular complexity index is 253. The number of nitrogens with two attached hydrogens (primary N) is 1. The highest BCUT2D eigenvalue weighted by Crippen LogP contribution is 2.17. The van der Waals surface area contributed by atoms with Crippen LogP contribution in [0.1, 0.15) is 25.7 Å². The third kappa shape index (κ3) is 8.96. The zero-order chi connectivity index (χ0) is 14.7. The molecule has 0 radical (unpaired) electrons. The van der Waals surface area contributed by atoms with Gasteiger partial charge < -0.3 is 30.4 Å². The quantitative estimate of drug-likeness (QED) is 0.279. The van der Waals surface area contributed by atoms with Gasteiger partial charge in [-0.3, -0.25) is 4.79 Å². The standard InChI is InChI=1S/C11H24BNO6/c1-18-8-9-19-7-5-11(13,10(14)15)4-2-3-6-12(16)17/h16-17H,2-9,13H2,1H3,(H,14,15). The molecule has 1 atom stereocenters. The first-order chi connectivity index (χ1) is 8.92. The lowest BCUT2D eigenvalue weighted by Crippen LogP contribution is -2.48. The lowest BCUT2D eigenvalue weighted by Gasteiger charge is -2.24. The highest BCUT2D eigenvalue weighted by Gasteiger charge is 2.33. The summed E-state index contributed by atoms with van der Waals surface area (Å²) < 4.78 is 10.0. The average Bonchev–Trinajstić information content (AvgIpc) is 2.34. The van der Waals surface area contributed by atoms with Crippen molar-refractivity contribution in [2.24, 2.45) is 5.73 Å². The summed E-state index contributed by atoms with van der Waals surface area (Å²) in [5, 5.41) is 26.5. The zero-order valence-electron chi connectivity index (χ0n) is 11.4. The van der Waals surface area contributed by atoms with E-state index in [0.29, 0.717) is 26.1 Å². The number of hydrogen-bond acceptors (Lipinski definition) is 6. The van der Waals surface area contributed by atoms with E-state index < -0.39 is 18.6 Å². The predicted octanol–water partition coefficient (Wildman–Crippen LogP) is -0.535. The summed E-state index contributed by atoms with van der Waals surface area (Å²) in [6.45, 7) is 1.12. The number of carbonyl (C=O) groups is 1. The molecular formula is C11H24BNO6. The van der Waals surface area contributed by atoms with Crippen molar-refractivity contribution in [1.82, 2.24) is 0 Å². The van der Waals surface area contributed by atoms with Gasteiger partial charge in [-0.25, -0.2) is 0 Å². The SMILES string of the molecule is COCCOCCC(N)(CCCCB(O)O)C(=O)O. The number of ether oxygens (including phenoxy) is 2. The number of methoxy groups -OCH3 is 1. The second-order valence-electron chi connectivity index (χ2n) is 4.54. The van der Waals surface area contributed by atoms with Crippen LogP contribution < -0.4 is 5.73 Å². The summed E-state index contributed by atoms with van der Waals surface area (Å²) in [6, 6.07) is 0. The Labute approximate surface area is 113 Å². The van der Waals surface area contributed by atoms with Crippen LogP contribution in [0.15, 0.2) is 0 Å². The molecular weight excluding hydrogens is 253 g/mol. The van der Waals surface area contributed by atoms with Crippen molar-refractivity contribution in [3.05, 3.63) is 0 Å². The Balaban J connectivity index is 3.94. The first kappa shape index (κ1) is 18.3. The van der Waals surface area contributed by atoms with Crippen LogP contribution in [0.25, 0.3) is 0 Å². The van der Waals surface area contributed by atoms with E-state index in [1.807, 2.05) is 0 Å². The summed E-state index contributed by atoms with van der Waals surface area (Å²) in [5.74, 6) is -1.06. The minimum absolute atomic E-state index is 0.216. The van der Waals surface area contributed by atoms with E-state index in [9.17, 15) is 4.79 Å². The van der Waals surface area contributed by atoms with Crippen molar-refractivity contribution in [2.45, 2.75) is 37.5 Å². The van der Waals surface area contributed by atoms with Crippen molar-refractivity contribution in [3.63, 3.8) is 0 Å². The van der Waals surface area contributed by atoms with Gasteiger partial charge in [-0.1, -0.05) is 12.8 Å². The molecule has 0 spiro atoms. The summed E-state index contributed by atoms with van der Waals surface area (Å²) in [4.78, 5) is 11.2. The molecule has 0 aliphatic carbocycles. The fraction of sp³-hybridized carbons (Fsp3) is 0.909. The maximum Gasteiger partial charge on any atom is 0.451 e. The van der Waals surface area contributed by atoms with Crippen LogP contribution in [-0.4, -0.2) is 60.7 Å². The second kappa shape index (κ2) is 10.2. The van der Waals surface area contributed by atoms with Crippen molar-refractivity contribution in [3.8, 4) is 0 Å². The molecule has 7 nitrogen and oxygen atoms in total. The zero-order valence-corrected chi connectivity index (χ0v) is 11.4. The van der Waals surface area contributed by atoms with Gasteiger partial charge in [0.15, 0.2) is 0 Å². The number of aliphatic carboxylic acids is 1. The number of rotatable bonds is 12. The third-order valence-corrected chi connectivity index (χ3v) is 2.89. The molecule has 0 saturated heterocycles. The fourth-order valence-corrected chi connectivity index (χ4v) is 1.60. The molecule has 112 valence electrons. The van der Waals surface area contributed by atoms with Crippen LogP contribution in [0, 0.1) is 0 Å². The Morgan fingerprint density at radius 1 is 1.21 bits per heavy atom. The predicted molar refractivity (Wildman–Crippen MR) is 70.7 cm³/mol. The van der Waals surface area contributed by atoms with E-state index in [-0.39, 0.29) is 25.8 Å². The first-order valence-electron chi connectivity index (χ1n) is 6.37. The van der Waals surface area contributed by atoms with Crippen LogP contribution in [0.2, 0.25) is 6.32 Å². The molecule has 0 heterocycles. The van der Waals surface area contributed by atoms with E-state index in [2.05, 4.69) is 0 Å². The fourth-order valence-electron chi connectivity index (χ4n) is 1.60. The van der Waals surface area contributed by atoms with Crippen LogP contribution >= 0.6 is 0 Å². The average molecular weight is 277 g/mol. The lowest BCUT2D eigenvalue weighted by atomic mass is 9.81. The lowest BCUT2D eigenvalue weighted by molar-refractivity contribution is -0.144. The normalized spacial score (nSPS) is 14.1. The Kier molecular flexibility index (Phi) is 9.81. The Hall–Kier alpha value is -0.665. The molecule has 0 aromatic heterocycles. The van der Waals surface area contributed by atoms with Crippen LogP contribution in [0.5, 0.6) is 0 Å². The number of carboxylic acids is 1. The van der Waals surface area contributed by atoms with Gasteiger partial charge in [0, 0.05) is 13.7 Å². The van der Waals surface area contributed by atoms with E-state index >= 15 is 0 Å². The minimum atomic E-state index is -1.35. The van der Waals surface area contributed by atoms with Crippen LogP contribution in [-0.2, 0) is 14.3 Å². The highest BCUT2D eigenvalue weighted by molar-refractivity contribution is 6.40. The van der Waals surface area contributed by atoms with E-state index in [1.54, 1.807) is 7.11 Å². The van der Waals surface area contributed by atoms with Crippen LogP contribution in [0.3, 0.4) is 0 Å². The smallest absolute Gasteiger partial charge is 0.451 e. The molecule has 0 fully saturated rings. The molecule has 5 N–H and O–H groups in total. The molecule has 1 unspecified atom stereocenters. The topological polar surface area (TPSA) is 122 Å². The molecule has 8 heteroatoms. The molecule has 0 amide bonds. The maximum absolute atomic E-state index is 11.2. The molecule has 0 rings (SSSR count). The Morgan fingerprint density at radius 3 is 2.42 bits per heavy atom. The number of unbranched alkanes of at least 4 members (excludes halogenated alkanes) is 1. The van der Waals surface area contributed by atoms with Gasteiger partial charge in [0.25, 0.3) is 0 Å². The molecule has 0 aliphatic rings. The van der Waals surface area contributed by atoms with E-state index in [1.165, 1.54) is 0 Å². The van der Waals surface area contributed by atoms with E-state index in [4.69, 9.17) is 30.4 Å². The van der Waals surface area contributed by atoms with Crippen molar-refractivity contribution >= 4 is 13.1 Å². The third-order valence-electron chi connectivity index (χ3n) is 2.89. The van der Waals surface area contributed by atoms with Gasteiger partial charge in [0.05, 0.1) is 13.2 Å². The molecule has 0 aromatic rings. The largest absolute Gasteiger partial charge is 0.480 e. The highest BCUT2D eigenvalue weighted by atomic mass is 16.5. The summed E-state index contributed by atoms with van der Waals surface area (Å²) in [5.41, 5.74) is 4.51. The maximum atomic E-state index is 11.2. The minimum Gasteiger partial charge on any atom is -0.480 e. The Morgan fingerprint density at radius 2 is 1.89 bits per heavy atom.